The van der Waals surface area contributed by atoms with Crippen LogP contribution in [0.4, 0.5) is 0 Å². The Labute approximate surface area is 98.4 Å². The normalized spacial score (nSPS) is 13.8. The van der Waals surface area contributed by atoms with Crippen LogP contribution in [0.2, 0.25) is 0 Å². The molecule has 7 heteroatoms. The van der Waals surface area contributed by atoms with Gasteiger partial charge in [-0.3, -0.25) is 4.79 Å². The number of aliphatic hydroxyl groups excluding tert-OH is 1. The smallest absolute Gasteiger partial charge is 0.331 e. The standard InChI is InChI=1S/C10H15N3O4/c1-3-17-10(16)8(12-6-14)9(15)7-4-11-5-13(7)2/h4-6,8-9,15H,3H2,1-2H3,(H,12,14). The number of esters is 1. The fourth-order valence-electron chi connectivity index (χ4n) is 1.42. The van der Waals surface area contributed by atoms with Gasteiger partial charge in [0.25, 0.3) is 0 Å². The minimum Gasteiger partial charge on any atom is -0.464 e. The van der Waals surface area contributed by atoms with Gasteiger partial charge in [0.1, 0.15) is 6.10 Å². The predicted octanol–water partition coefficient (Wildman–Crippen LogP) is -0.869. The minimum atomic E-state index is -1.20. The average Bonchev–Trinajstić information content (AvgIpc) is 2.71. The SMILES string of the molecule is CCOC(=O)C(NC=O)C(O)c1cncn1C. The van der Waals surface area contributed by atoms with Crippen LogP contribution in [0.15, 0.2) is 12.5 Å². The summed E-state index contributed by atoms with van der Waals surface area (Å²) in [6.07, 6.45) is 2.05. The van der Waals surface area contributed by atoms with E-state index in [0.29, 0.717) is 12.1 Å². The van der Waals surface area contributed by atoms with Crippen LogP contribution in [0.1, 0.15) is 18.7 Å². The monoisotopic (exact) mass is 241 g/mol. The molecule has 17 heavy (non-hydrogen) atoms. The maximum atomic E-state index is 11.5. The van der Waals surface area contributed by atoms with Gasteiger partial charge in [-0.1, -0.05) is 0 Å². The third kappa shape index (κ3) is 3.04. The van der Waals surface area contributed by atoms with Crippen LogP contribution in [-0.2, 0) is 21.4 Å². The summed E-state index contributed by atoms with van der Waals surface area (Å²) >= 11 is 0. The van der Waals surface area contributed by atoms with Crippen LogP contribution < -0.4 is 5.32 Å². The van der Waals surface area contributed by atoms with Crippen molar-refractivity contribution in [3.63, 3.8) is 0 Å². The quantitative estimate of drug-likeness (QED) is 0.499. The summed E-state index contributed by atoms with van der Waals surface area (Å²) in [4.78, 5) is 25.8. The Kier molecular flexibility index (Phi) is 4.65. The molecule has 2 unspecified atom stereocenters. The zero-order valence-corrected chi connectivity index (χ0v) is 9.66. The highest BCUT2D eigenvalue weighted by Crippen LogP contribution is 2.16. The van der Waals surface area contributed by atoms with Crippen molar-refractivity contribution < 1.29 is 19.4 Å². The zero-order valence-electron chi connectivity index (χ0n) is 9.66. The number of aryl methyl sites for hydroxylation is 1. The van der Waals surface area contributed by atoms with Crippen molar-refractivity contribution in [3.05, 3.63) is 18.2 Å². The van der Waals surface area contributed by atoms with E-state index in [1.54, 1.807) is 18.5 Å². The maximum Gasteiger partial charge on any atom is 0.331 e. The number of aliphatic hydroxyl groups is 1. The van der Waals surface area contributed by atoms with Crippen LogP contribution in [0, 0.1) is 0 Å². The first-order chi connectivity index (χ1) is 8.11. The Morgan fingerprint density at radius 3 is 2.94 bits per heavy atom. The number of carbonyl (C=O) groups is 2. The van der Waals surface area contributed by atoms with E-state index in [2.05, 4.69) is 10.3 Å². The largest absolute Gasteiger partial charge is 0.464 e. The highest BCUT2D eigenvalue weighted by Gasteiger charge is 2.30. The lowest BCUT2D eigenvalue weighted by atomic mass is 10.1. The first kappa shape index (κ1) is 13.2. The molecule has 1 aromatic heterocycles. The zero-order chi connectivity index (χ0) is 12.8. The summed E-state index contributed by atoms with van der Waals surface area (Å²) in [5.74, 6) is -0.687. The van der Waals surface area contributed by atoms with Gasteiger partial charge in [-0.05, 0) is 6.92 Å². The third-order valence-electron chi connectivity index (χ3n) is 2.26. The molecule has 0 bridgehead atoms. The van der Waals surface area contributed by atoms with Gasteiger partial charge < -0.3 is 19.7 Å². The number of rotatable bonds is 6. The van der Waals surface area contributed by atoms with Crippen molar-refractivity contribution in [2.45, 2.75) is 19.1 Å². The van der Waals surface area contributed by atoms with Gasteiger partial charge in [0.05, 0.1) is 24.8 Å². The van der Waals surface area contributed by atoms with Gasteiger partial charge in [-0.15, -0.1) is 0 Å². The van der Waals surface area contributed by atoms with Crippen molar-refractivity contribution >= 4 is 12.4 Å². The van der Waals surface area contributed by atoms with Crippen molar-refractivity contribution in [2.24, 2.45) is 7.05 Å². The summed E-state index contributed by atoms with van der Waals surface area (Å²) < 4.78 is 6.32. The number of nitrogens with one attached hydrogen (secondary N) is 1. The Morgan fingerprint density at radius 1 is 1.76 bits per heavy atom. The van der Waals surface area contributed by atoms with Gasteiger partial charge >= 0.3 is 5.97 Å². The molecule has 94 valence electrons. The van der Waals surface area contributed by atoms with E-state index in [9.17, 15) is 14.7 Å². The molecule has 1 heterocycles. The molecular weight excluding hydrogens is 226 g/mol. The fourth-order valence-corrected chi connectivity index (χ4v) is 1.42. The second-order valence-corrected chi connectivity index (χ2v) is 3.39. The van der Waals surface area contributed by atoms with Gasteiger partial charge in [0, 0.05) is 7.05 Å². The van der Waals surface area contributed by atoms with Crippen LogP contribution >= 0.6 is 0 Å². The molecule has 0 aromatic carbocycles. The topological polar surface area (TPSA) is 93.4 Å². The molecule has 2 atom stereocenters. The minimum absolute atomic E-state index is 0.175. The Morgan fingerprint density at radius 2 is 2.47 bits per heavy atom. The Bertz CT molecular complexity index is 391. The molecule has 1 amide bonds. The third-order valence-corrected chi connectivity index (χ3v) is 2.26. The van der Waals surface area contributed by atoms with Crippen LogP contribution in [-0.4, -0.2) is 39.7 Å². The lowest BCUT2D eigenvalue weighted by molar-refractivity contribution is -0.150. The summed E-state index contributed by atoms with van der Waals surface area (Å²) in [6, 6.07) is -1.14. The van der Waals surface area contributed by atoms with E-state index in [0.717, 1.165) is 0 Å². The highest BCUT2D eigenvalue weighted by atomic mass is 16.5. The molecule has 0 spiro atoms. The second-order valence-electron chi connectivity index (χ2n) is 3.39. The van der Waals surface area contributed by atoms with E-state index >= 15 is 0 Å². The van der Waals surface area contributed by atoms with E-state index in [1.165, 1.54) is 12.5 Å². The molecule has 0 aliphatic carbocycles. The summed E-state index contributed by atoms with van der Waals surface area (Å²) in [5, 5.41) is 12.2. The number of aromatic nitrogens is 2. The number of amides is 1. The molecule has 0 fully saturated rings. The number of imidazole rings is 1. The summed E-state index contributed by atoms with van der Waals surface area (Å²) in [7, 11) is 1.68. The van der Waals surface area contributed by atoms with Crippen molar-refractivity contribution in [2.75, 3.05) is 6.61 Å². The molecule has 0 aliphatic rings. The molecule has 0 aliphatic heterocycles. The predicted molar refractivity (Wildman–Crippen MR) is 57.8 cm³/mol. The maximum absolute atomic E-state index is 11.5. The van der Waals surface area contributed by atoms with Gasteiger partial charge in [0.15, 0.2) is 6.04 Å². The Hall–Kier alpha value is -1.89. The number of carbonyl (C=O) groups excluding carboxylic acids is 2. The number of hydrogen-bond donors (Lipinski definition) is 2. The first-order valence-corrected chi connectivity index (χ1v) is 5.12. The molecular formula is C10H15N3O4. The van der Waals surface area contributed by atoms with Gasteiger partial charge in [0.2, 0.25) is 6.41 Å². The van der Waals surface area contributed by atoms with Gasteiger partial charge in [-0.25, -0.2) is 9.78 Å². The summed E-state index contributed by atoms with van der Waals surface area (Å²) in [5.41, 5.74) is 0.414. The van der Waals surface area contributed by atoms with Crippen LogP contribution in [0.5, 0.6) is 0 Å². The van der Waals surface area contributed by atoms with Crippen molar-refractivity contribution in [3.8, 4) is 0 Å². The molecule has 1 aromatic rings. The molecule has 0 radical (unpaired) electrons. The van der Waals surface area contributed by atoms with E-state index in [4.69, 9.17) is 4.74 Å². The summed E-state index contributed by atoms with van der Waals surface area (Å²) in [6.45, 7) is 1.82. The molecule has 0 saturated heterocycles. The first-order valence-electron chi connectivity index (χ1n) is 5.12. The molecule has 1 rings (SSSR count). The lowest BCUT2D eigenvalue weighted by Gasteiger charge is -2.20. The lowest BCUT2D eigenvalue weighted by Crippen LogP contribution is -2.42. The van der Waals surface area contributed by atoms with E-state index in [-0.39, 0.29) is 6.61 Å². The molecule has 0 saturated carbocycles. The van der Waals surface area contributed by atoms with Gasteiger partial charge in [-0.2, -0.15) is 0 Å². The molecule has 7 nitrogen and oxygen atoms in total. The van der Waals surface area contributed by atoms with Crippen molar-refractivity contribution in [1.29, 1.82) is 0 Å². The number of hydrogen-bond acceptors (Lipinski definition) is 5. The molecule has 2 N–H and O–H groups in total. The van der Waals surface area contributed by atoms with E-state index in [1.807, 2.05) is 0 Å². The highest BCUT2D eigenvalue weighted by molar-refractivity contribution is 5.79. The number of ether oxygens (including phenoxy) is 1. The van der Waals surface area contributed by atoms with Crippen LogP contribution in [0.25, 0.3) is 0 Å². The number of nitrogens with zero attached hydrogens (tertiary/aromatic N) is 2. The fraction of sp³-hybridized carbons (Fsp3) is 0.500. The second kappa shape index (κ2) is 6.00. The van der Waals surface area contributed by atoms with E-state index < -0.39 is 18.1 Å². The average molecular weight is 241 g/mol. The van der Waals surface area contributed by atoms with Crippen molar-refractivity contribution in [1.82, 2.24) is 14.9 Å². The Balaban J connectivity index is 2.87. The van der Waals surface area contributed by atoms with Crippen LogP contribution in [0.3, 0.4) is 0 Å².